The number of nitrogen functional groups attached to an aromatic ring is 1. The third-order valence-corrected chi connectivity index (χ3v) is 2.96. The molecule has 0 aliphatic rings. The number of rotatable bonds is 5. The van der Waals surface area contributed by atoms with Crippen molar-refractivity contribution in [2.45, 2.75) is 20.3 Å². The lowest BCUT2D eigenvalue weighted by Gasteiger charge is -2.09. The summed E-state index contributed by atoms with van der Waals surface area (Å²) in [4.78, 5) is 24.5. The smallest absolute Gasteiger partial charge is 0.256 e. The van der Waals surface area contributed by atoms with Crippen molar-refractivity contribution in [3.8, 4) is 11.5 Å². The fourth-order valence-electron chi connectivity index (χ4n) is 1.76. The van der Waals surface area contributed by atoms with Crippen LogP contribution in [0.25, 0.3) is 11.5 Å². The molecular weight excluding hydrogens is 266 g/mol. The molecule has 0 aliphatic carbocycles. The van der Waals surface area contributed by atoms with Crippen molar-refractivity contribution in [3.63, 3.8) is 0 Å². The van der Waals surface area contributed by atoms with Gasteiger partial charge in [0, 0.05) is 18.9 Å². The molecule has 2 aromatic heterocycles. The number of carbonyl (C=O) groups excluding carboxylic acids is 1. The largest absolute Gasteiger partial charge is 0.383 e. The molecule has 6 heteroatoms. The molecule has 3 N–H and O–H groups in total. The number of hydrogen-bond donors (Lipinski definition) is 2. The van der Waals surface area contributed by atoms with Crippen LogP contribution in [0, 0.1) is 5.92 Å². The first kappa shape index (κ1) is 14.9. The number of nitrogens with one attached hydrogen (secondary N) is 1. The fraction of sp³-hybridized carbons (Fsp3) is 0.333. The van der Waals surface area contributed by atoms with Crippen LogP contribution in [-0.2, 0) is 0 Å². The molecule has 0 unspecified atom stereocenters. The second-order valence-electron chi connectivity index (χ2n) is 5.15. The molecule has 0 aromatic carbocycles. The van der Waals surface area contributed by atoms with Gasteiger partial charge in [-0.3, -0.25) is 9.78 Å². The zero-order valence-corrected chi connectivity index (χ0v) is 12.2. The van der Waals surface area contributed by atoms with Gasteiger partial charge in [-0.15, -0.1) is 0 Å². The van der Waals surface area contributed by atoms with Crippen molar-refractivity contribution in [3.05, 3.63) is 36.2 Å². The lowest BCUT2D eigenvalue weighted by atomic mass is 10.1. The number of carbonyl (C=O) groups is 1. The molecule has 0 atom stereocenters. The zero-order valence-electron chi connectivity index (χ0n) is 12.2. The van der Waals surface area contributed by atoms with Gasteiger partial charge in [-0.2, -0.15) is 0 Å². The molecule has 0 radical (unpaired) electrons. The Morgan fingerprint density at radius 1 is 1.33 bits per heavy atom. The fourth-order valence-corrected chi connectivity index (χ4v) is 1.76. The molecule has 110 valence electrons. The van der Waals surface area contributed by atoms with Gasteiger partial charge in [-0.25, -0.2) is 9.97 Å². The van der Waals surface area contributed by atoms with E-state index in [1.54, 1.807) is 12.3 Å². The first-order valence-corrected chi connectivity index (χ1v) is 6.90. The van der Waals surface area contributed by atoms with Crippen LogP contribution < -0.4 is 11.1 Å². The van der Waals surface area contributed by atoms with E-state index in [4.69, 9.17) is 5.73 Å². The molecule has 0 bridgehead atoms. The van der Waals surface area contributed by atoms with Gasteiger partial charge in [-0.1, -0.05) is 19.9 Å². The Kier molecular flexibility index (Phi) is 4.81. The van der Waals surface area contributed by atoms with E-state index in [0.29, 0.717) is 29.5 Å². The summed E-state index contributed by atoms with van der Waals surface area (Å²) in [5.74, 6) is 0.852. The molecule has 0 saturated carbocycles. The van der Waals surface area contributed by atoms with E-state index < -0.39 is 0 Å². The van der Waals surface area contributed by atoms with E-state index in [-0.39, 0.29) is 11.7 Å². The Morgan fingerprint density at radius 2 is 2.14 bits per heavy atom. The summed E-state index contributed by atoms with van der Waals surface area (Å²) < 4.78 is 0. The summed E-state index contributed by atoms with van der Waals surface area (Å²) in [6.45, 7) is 4.81. The van der Waals surface area contributed by atoms with E-state index in [2.05, 4.69) is 34.1 Å². The number of amides is 1. The van der Waals surface area contributed by atoms with Crippen LogP contribution >= 0.6 is 0 Å². The molecular formula is C15H19N5O. The van der Waals surface area contributed by atoms with Crippen LogP contribution in [0.1, 0.15) is 30.6 Å². The van der Waals surface area contributed by atoms with Crippen molar-refractivity contribution < 1.29 is 4.79 Å². The van der Waals surface area contributed by atoms with Crippen molar-refractivity contribution >= 4 is 11.7 Å². The predicted octanol–water partition coefficient (Wildman–Crippen LogP) is 1.90. The molecule has 2 rings (SSSR count). The van der Waals surface area contributed by atoms with E-state index >= 15 is 0 Å². The van der Waals surface area contributed by atoms with Crippen LogP contribution in [0.5, 0.6) is 0 Å². The highest BCUT2D eigenvalue weighted by Crippen LogP contribution is 2.15. The minimum absolute atomic E-state index is 0.160. The van der Waals surface area contributed by atoms with Gasteiger partial charge in [0.2, 0.25) is 0 Å². The zero-order chi connectivity index (χ0) is 15.2. The van der Waals surface area contributed by atoms with Crippen LogP contribution in [0.3, 0.4) is 0 Å². The number of anilines is 1. The van der Waals surface area contributed by atoms with Gasteiger partial charge >= 0.3 is 0 Å². The summed E-state index contributed by atoms with van der Waals surface area (Å²) in [6, 6.07) is 5.44. The van der Waals surface area contributed by atoms with Crippen LogP contribution in [-0.4, -0.2) is 27.4 Å². The Hall–Kier alpha value is -2.50. The maximum absolute atomic E-state index is 12.0. The molecule has 2 aromatic rings. The number of hydrogen-bond acceptors (Lipinski definition) is 5. The first-order valence-electron chi connectivity index (χ1n) is 6.90. The van der Waals surface area contributed by atoms with Gasteiger partial charge in [-0.05, 0) is 24.5 Å². The van der Waals surface area contributed by atoms with Gasteiger partial charge in [0.25, 0.3) is 5.91 Å². The molecule has 0 spiro atoms. The summed E-state index contributed by atoms with van der Waals surface area (Å²) in [5.41, 5.74) is 6.76. The van der Waals surface area contributed by atoms with Crippen molar-refractivity contribution in [1.29, 1.82) is 0 Å². The van der Waals surface area contributed by atoms with Crippen molar-refractivity contribution in [1.82, 2.24) is 20.3 Å². The predicted molar refractivity (Wildman–Crippen MR) is 81.5 cm³/mol. The Labute approximate surface area is 123 Å². The van der Waals surface area contributed by atoms with Gasteiger partial charge in [0.1, 0.15) is 11.5 Å². The molecule has 0 aliphatic heterocycles. The minimum Gasteiger partial charge on any atom is -0.383 e. The molecule has 0 saturated heterocycles. The monoisotopic (exact) mass is 285 g/mol. The molecule has 6 nitrogen and oxygen atoms in total. The highest BCUT2D eigenvalue weighted by atomic mass is 16.1. The van der Waals surface area contributed by atoms with Crippen molar-refractivity contribution in [2.24, 2.45) is 5.92 Å². The second kappa shape index (κ2) is 6.78. The number of pyridine rings is 1. The van der Waals surface area contributed by atoms with E-state index in [0.717, 1.165) is 6.42 Å². The summed E-state index contributed by atoms with van der Waals surface area (Å²) in [7, 11) is 0. The van der Waals surface area contributed by atoms with E-state index in [1.807, 2.05) is 12.1 Å². The first-order chi connectivity index (χ1) is 10.1. The molecule has 21 heavy (non-hydrogen) atoms. The van der Waals surface area contributed by atoms with Gasteiger partial charge in [0.15, 0.2) is 5.82 Å². The third kappa shape index (κ3) is 3.98. The van der Waals surface area contributed by atoms with E-state index in [9.17, 15) is 4.79 Å². The Morgan fingerprint density at radius 3 is 2.76 bits per heavy atom. The van der Waals surface area contributed by atoms with Gasteiger partial charge in [0.05, 0.1) is 5.56 Å². The maximum atomic E-state index is 12.0. The summed E-state index contributed by atoms with van der Waals surface area (Å²) in [5, 5.41) is 2.82. The lowest BCUT2D eigenvalue weighted by Crippen LogP contribution is -2.26. The topological polar surface area (TPSA) is 93.8 Å². The average molecular weight is 285 g/mol. The normalized spacial score (nSPS) is 10.6. The quantitative estimate of drug-likeness (QED) is 0.875. The molecule has 0 fully saturated rings. The van der Waals surface area contributed by atoms with Crippen molar-refractivity contribution in [2.75, 3.05) is 12.3 Å². The maximum Gasteiger partial charge on any atom is 0.256 e. The summed E-state index contributed by atoms with van der Waals surface area (Å²) in [6.07, 6.45) is 4.01. The van der Waals surface area contributed by atoms with Crippen LogP contribution in [0.4, 0.5) is 5.82 Å². The number of aromatic nitrogens is 3. The number of nitrogens with two attached hydrogens (primary N) is 1. The standard InChI is InChI=1S/C15H19N5O/c1-10(2)6-8-18-15(21)11-9-19-14(20-13(11)16)12-5-3-4-7-17-12/h3-5,7,9-10H,6,8H2,1-2H3,(H,18,21)(H2,16,19,20). The SMILES string of the molecule is CC(C)CCNC(=O)c1cnc(-c2ccccn2)nc1N. The second-order valence-corrected chi connectivity index (χ2v) is 5.15. The highest BCUT2D eigenvalue weighted by Gasteiger charge is 2.13. The third-order valence-electron chi connectivity index (χ3n) is 2.96. The number of nitrogens with zero attached hydrogens (tertiary/aromatic N) is 3. The average Bonchev–Trinajstić information content (AvgIpc) is 2.47. The summed E-state index contributed by atoms with van der Waals surface area (Å²) >= 11 is 0. The Balaban J connectivity index is 2.11. The Bertz CT molecular complexity index is 613. The molecule has 2 heterocycles. The van der Waals surface area contributed by atoms with Crippen LogP contribution in [0.15, 0.2) is 30.6 Å². The van der Waals surface area contributed by atoms with Crippen LogP contribution in [0.2, 0.25) is 0 Å². The van der Waals surface area contributed by atoms with Gasteiger partial charge < -0.3 is 11.1 Å². The molecule has 1 amide bonds. The lowest BCUT2D eigenvalue weighted by molar-refractivity contribution is 0.0952. The van der Waals surface area contributed by atoms with E-state index in [1.165, 1.54) is 6.20 Å². The highest BCUT2D eigenvalue weighted by molar-refractivity contribution is 5.98. The minimum atomic E-state index is -0.249.